The molecule has 0 saturated heterocycles. The normalized spacial score (nSPS) is 13.8. The van der Waals surface area contributed by atoms with Crippen LogP contribution in [0.4, 0.5) is 0 Å². The lowest BCUT2D eigenvalue weighted by atomic mass is 9.88. The number of benzene rings is 2. The first-order chi connectivity index (χ1) is 13.8. The van der Waals surface area contributed by atoms with Gasteiger partial charge in [-0.3, -0.25) is 0 Å². The molecule has 152 valence electrons. The van der Waals surface area contributed by atoms with Crippen LogP contribution in [0.25, 0.3) is 0 Å². The van der Waals surface area contributed by atoms with Crippen molar-refractivity contribution in [2.75, 3.05) is 7.11 Å². The molecule has 0 fully saturated rings. The molecule has 1 aliphatic heterocycles. The molecule has 0 radical (unpaired) electrons. The van der Waals surface area contributed by atoms with Crippen LogP contribution in [0.5, 0.6) is 23.0 Å². The first kappa shape index (κ1) is 21.0. The van der Waals surface area contributed by atoms with Crippen LogP contribution < -0.4 is 9.47 Å². The van der Waals surface area contributed by atoms with Gasteiger partial charge < -0.3 is 19.3 Å². The van der Waals surface area contributed by atoms with Crippen LogP contribution in [0.2, 0.25) is 0 Å². The summed E-state index contributed by atoms with van der Waals surface area (Å²) in [6.45, 7) is 4.01. The van der Waals surface area contributed by atoms with Crippen LogP contribution >= 0.6 is 15.9 Å². The number of aromatic hydroxyl groups is 1. The molecule has 0 saturated carbocycles. The largest absolute Gasteiger partial charge is 0.504 e. The third-order valence-electron chi connectivity index (χ3n) is 4.63. The average molecular weight is 461 g/mol. The third-order valence-corrected chi connectivity index (χ3v) is 5.09. The molecular formula is C22H21BrO6. The minimum absolute atomic E-state index is 0.0718. The molecular weight excluding hydrogens is 440 g/mol. The van der Waals surface area contributed by atoms with E-state index in [0.29, 0.717) is 27.9 Å². The van der Waals surface area contributed by atoms with E-state index in [4.69, 9.17) is 14.2 Å². The molecule has 1 N–H and O–H groups in total. The Kier molecular flexibility index (Phi) is 6.30. The summed E-state index contributed by atoms with van der Waals surface area (Å²) in [5.41, 5.74) is 1.32. The van der Waals surface area contributed by atoms with E-state index in [9.17, 15) is 14.7 Å². The summed E-state index contributed by atoms with van der Waals surface area (Å²) in [7, 11) is 1.45. The molecule has 1 heterocycles. The van der Waals surface area contributed by atoms with Crippen molar-refractivity contribution in [2.24, 2.45) is 5.92 Å². The quantitative estimate of drug-likeness (QED) is 0.491. The number of phenolic OH excluding ortho intramolecular Hbond substituents is 1. The van der Waals surface area contributed by atoms with E-state index in [2.05, 4.69) is 15.9 Å². The topological polar surface area (TPSA) is 82.1 Å². The van der Waals surface area contributed by atoms with Crippen LogP contribution in [0.15, 0.2) is 34.8 Å². The summed E-state index contributed by atoms with van der Waals surface area (Å²) >= 11 is 3.30. The average Bonchev–Trinajstić information content (AvgIpc) is 2.65. The standard InChI is InChI=1S/C22H21BrO6/c1-12(2)8-13(6-7-24)16-4-5-18-19(21(16)27-3)22(26)28-11-14-9-15(23)10-17(25)20(14)29-18/h4-6,9-10,12-13,25H,8,11H2,1-3H3. The van der Waals surface area contributed by atoms with Crippen molar-refractivity contribution >= 4 is 27.8 Å². The highest BCUT2D eigenvalue weighted by atomic mass is 79.9. The van der Waals surface area contributed by atoms with Gasteiger partial charge in [-0.05, 0) is 30.5 Å². The fraction of sp³-hybridized carbons (Fsp3) is 0.318. The molecule has 1 unspecified atom stereocenters. The molecule has 29 heavy (non-hydrogen) atoms. The molecule has 0 aromatic heterocycles. The molecule has 2 aromatic carbocycles. The van der Waals surface area contributed by atoms with Crippen molar-refractivity contribution in [3.05, 3.63) is 51.5 Å². The van der Waals surface area contributed by atoms with Crippen LogP contribution in [-0.4, -0.2) is 24.1 Å². The summed E-state index contributed by atoms with van der Waals surface area (Å²) in [6, 6.07) is 6.59. The maximum absolute atomic E-state index is 12.8. The lowest BCUT2D eigenvalue weighted by Crippen LogP contribution is -2.14. The van der Waals surface area contributed by atoms with Gasteiger partial charge in [0, 0.05) is 27.6 Å². The van der Waals surface area contributed by atoms with Crippen LogP contribution in [0.1, 0.15) is 47.7 Å². The fourth-order valence-corrected chi connectivity index (χ4v) is 3.92. The van der Waals surface area contributed by atoms with Gasteiger partial charge in [-0.15, -0.1) is 0 Å². The van der Waals surface area contributed by atoms with E-state index >= 15 is 0 Å². The summed E-state index contributed by atoms with van der Waals surface area (Å²) < 4.78 is 17.6. The van der Waals surface area contributed by atoms with E-state index in [0.717, 1.165) is 0 Å². The number of halogens is 1. The van der Waals surface area contributed by atoms with Gasteiger partial charge >= 0.3 is 5.97 Å². The van der Waals surface area contributed by atoms with Gasteiger partial charge in [0.2, 0.25) is 0 Å². The highest BCUT2D eigenvalue weighted by Crippen LogP contribution is 2.45. The number of fused-ring (bicyclic) bond motifs is 2. The zero-order chi connectivity index (χ0) is 21.1. The molecule has 3 rings (SSSR count). The molecule has 6 nitrogen and oxygen atoms in total. The van der Waals surface area contributed by atoms with Crippen molar-refractivity contribution in [1.29, 1.82) is 0 Å². The number of allylic oxidation sites excluding steroid dienone is 1. The number of esters is 1. The second-order valence-electron chi connectivity index (χ2n) is 7.17. The minimum atomic E-state index is -0.609. The predicted molar refractivity (Wildman–Crippen MR) is 110 cm³/mol. The van der Waals surface area contributed by atoms with Crippen molar-refractivity contribution in [3.8, 4) is 23.0 Å². The molecule has 1 atom stereocenters. The fourth-order valence-electron chi connectivity index (χ4n) is 3.43. The Morgan fingerprint density at radius 2 is 2.10 bits per heavy atom. The first-order valence-corrected chi connectivity index (χ1v) is 9.93. The Hall–Kier alpha value is -2.76. The minimum Gasteiger partial charge on any atom is -0.504 e. The number of ether oxygens (including phenoxy) is 3. The van der Waals surface area contributed by atoms with E-state index in [1.165, 1.54) is 19.3 Å². The van der Waals surface area contributed by atoms with Gasteiger partial charge in [0.05, 0.1) is 7.11 Å². The predicted octanol–water partition coefficient (Wildman–Crippen LogP) is 5.14. The number of hydrogen-bond acceptors (Lipinski definition) is 6. The van der Waals surface area contributed by atoms with Crippen LogP contribution in [0, 0.1) is 5.92 Å². The van der Waals surface area contributed by atoms with Crippen LogP contribution in [-0.2, 0) is 16.1 Å². The molecule has 1 aliphatic rings. The number of carbonyl (C=O) groups excluding carboxylic acids is 2. The first-order valence-electron chi connectivity index (χ1n) is 9.14. The number of rotatable bonds is 5. The monoisotopic (exact) mass is 460 g/mol. The van der Waals surface area contributed by atoms with E-state index in [-0.39, 0.29) is 41.1 Å². The number of methoxy groups -OCH3 is 1. The zero-order valence-corrected chi connectivity index (χ0v) is 17.9. The van der Waals surface area contributed by atoms with Gasteiger partial charge in [-0.2, -0.15) is 0 Å². The SMILES string of the molecule is COc1c(C(C=C=O)CC(C)C)ccc2c1C(=O)OCc1cc(Br)cc(O)c1O2. The summed E-state index contributed by atoms with van der Waals surface area (Å²) in [5.74, 6) is 1.88. The Morgan fingerprint density at radius 1 is 1.34 bits per heavy atom. The van der Waals surface area contributed by atoms with Gasteiger partial charge in [0.1, 0.15) is 29.6 Å². The molecule has 0 bridgehead atoms. The van der Waals surface area contributed by atoms with Crippen LogP contribution in [0.3, 0.4) is 0 Å². The third kappa shape index (κ3) is 4.31. The zero-order valence-electron chi connectivity index (χ0n) is 16.3. The van der Waals surface area contributed by atoms with Gasteiger partial charge in [-0.25, -0.2) is 9.59 Å². The smallest absolute Gasteiger partial charge is 0.346 e. The molecule has 7 heteroatoms. The van der Waals surface area contributed by atoms with Crippen molar-refractivity contribution < 1.29 is 28.9 Å². The summed E-state index contributed by atoms with van der Waals surface area (Å²) in [4.78, 5) is 23.9. The number of cyclic esters (lactones) is 1. The lowest BCUT2D eigenvalue weighted by Gasteiger charge is -2.24. The lowest BCUT2D eigenvalue weighted by molar-refractivity contribution is 0.0454. The Labute approximate surface area is 177 Å². The maximum atomic E-state index is 12.8. The van der Waals surface area contributed by atoms with Gasteiger partial charge in [-0.1, -0.05) is 35.8 Å². The Morgan fingerprint density at radius 3 is 2.76 bits per heavy atom. The van der Waals surface area contributed by atoms with Crippen molar-refractivity contribution in [2.45, 2.75) is 32.8 Å². The highest BCUT2D eigenvalue weighted by Gasteiger charge is 2.30. The summed E-state index contributed by atoms with van der Waals surface area (Å²) in [6.07, 6.45) is 2.11. The highest BCUT2D eigenvalue weighted by molar-refractivity contribution is 9.10. The summed E-state index contributed by atoms with van der Waals surface area (Å²) in [5, 5.41) is 10.3. The number of hydrogen-bond donors (Lipinski definition) is 1. The molecule has 0 aliphatic carbocycles. The van der Waals surface area contributed by atoms with Gasteiger partial charge in [0.25, 0.3) is 0 Å². The second kappa shape index (κ2) is 8.72. The Bertz CT molecular complexity index is 991. The van der Waals surface area contributed by atoms with Crippen molar-refractivity contribution in [1.82, 2.24) is 0 Å². The molecule has 0 spiro atoms. The van der Waals surface area contributed by atoms with Gasteiger partial charge in [0.15, 0.2) is 11.5 Å². The number of phenols is 1. The van der Waals surface area contributed by atoms with E-state index in [1.807, 2.05) is 19.8 Å². The van der Waals surface area contributed by atoms with E-state index < -0.39 is 5.97 Å². The second-order valence-corrected chi connectivity index (χ2v) is 8.09. The van der Waals surface area contributed by atoms with E-state index in [1.54, 1.807) is 18.2 Å². The molecule has 2 aromatic rings. The number of carbonyl (C=O) groups is 1. The maximum Gasteiger partial charge on any atom is 0.346 e. The Balaban J connectivity index is 2.17. The van der Waals surface area contributed by atoms with Crippen molar-refractivity contribution in [3.63, 3.8) is 0 Å². The molecule has 0 amide bonds.